The van der Waals surface area contributed by atoms with Gasteiger partial charge in [-0.05, 0) is 24.3 Å². The number of amides is 1. The van der Waals surface area contributed by atoms with Gasteiger partial charge in [-0.15, -0.1) is 0 Å². The molecule has 0 fully saturated rings. The summed E-state index contributed by atoms with van der Waals surface area (Å²) < 4.78 is 36.2. The largest absolute Gasteiger partial charge is 0.454 e. The van der Waals surface area contributed by atoms with Gasteiger partial charge in [0, 0.05) is 23.5 Å². The zero-order valence-corrected chi connectivity index (χ0v) is 11.4. The van der Waals surface area contributed by atoms with Crippen LogP contribution in [0.5, 0.6) is 11.5 Å². The molecule has 1 heterocycles. The van der Waals surface area contributed by atoms with Crippen LogP contribution in [-0.2, 0) is 4.79 Å². The summed E-state index contributed by atoms with van der Waals surface area (Å²) in [6.07, 6.45) is 0. The van der Waals surface area contributed by atoms with E-state index in [0.29, 0.717) is 22.9 Å². The Balaban J connectivity index is 1.57. The summed E-state index contributed by atoms with van der Waals surface area (Å²) in [5.74, 6) is -1.05. The topological polar surface area (TPSA) is 59.6 Å². The maximum atomic E-state index is 13.0. The predicted octanol–water partition coefficient (Wildman–Crippen LogP) is 2.74. The molecule has 1 aliphatic rings. The minimum atomic E-state index is -0.971. The molecule has 0 saturated heterocycles. The fraction of sp³-hybridized carbons (Fsp3) is 0.133. The lowest BCUT2D eigenvalue weighted by molar-refractivity contribution is -0.114. The molecule has 0 atom stereocenters. The van der Waals surface area contributed by atoms with Crippen LogP contribution in [0.4, 0.5) is 20.2 Å². The molecule has 0 spiro atoms. The Morgan fingerprint density at radius 2 is 1.77 bits per heavy atom. The van der Waals surface area contributed by atoms with Crippen LogP contribution < -0.4 is 20.1 Å². The monoisotopic (exact) mass is 306 g/mol. The van der Waals surface area contributed by atoms with Crippen molar-refractivity contribution in [3.8, 4) is 11.5 Å². The molecule has 0 saturated carbocycles. The van der Waals surface area contributed by atoms with Crippen molar-refractivity contribution in [1.29, 1.82) is 0 Å². The summed E-state index contributed by atoms with van der Waals surface area (Å²) in [5.41, 5.74) is 0.876. The van der Waals surface area contributed by atoms with Crippen molar-refractivity contribution < 1.29 is 23.0 Å². The van der Waals surface area contributed by atoms with Crippen molar-refractivity contribution in [3.63, 3.8) is 0 Å². The Kier molecular flexibility index (Phi) is 3.78. The van der Waals surface area contributed by atoms with Crippen molar-refractivity contribution in [3.05, 3.63) is 48.0 Å². The number of benzene rings is 2. The first-order chi connectivity index (χ1) is 10.6. The molecule has 22 heavy (non-hydrogen) atoms. The smallest absolute Gasteiger partial charge is 0.243 e. The lowest BCUT2D eigenvalue weighted by Crippen LogP contribution is -2.21. The Bertz CT molecular complexity index is 722. The lowest BCUT2D eigenvalue weighted by Gasteiger charge is -2.08. The highest BCUT2D eigenvalue weighted by molar-refractivity contribution is 5.94. The number of hydrogen-bond donors (Lipinski definition) is 2. The maximum absolute atomic E-state index is 13.0. The molecular weight excluding hydrogens is 294 g/mol. The SMILES string of the molecule is O=C(CNc1ccc(F)c(F)c1)Nc1ccc2c(c1)OCO2. The van der Waals surface area contributed by atoms with Crippen LogP contribution in [0.15, 0.2) is 36.4 Å². The Hall–Kier alpha value is -2.83. The third-order valence-corrected chi connectivity index (χ3v) is 3.03. The molecule has 5 nitrogen and oxygen atoms in total. The van der Waals surface area contributed by atoms with Gasteiger partial charge in [0.25, 0.3) is 0 Å². The van der Waals surface area contributed by atoms with Crippen LogP contribution in [0.25, 0.3) is 0 Å². The van der Waals surface area contributed by atoms with Gasteiger partial charge in [-0.3, -0.25) is 4.79 Å². The van der Waals surface area contributed by atoms with Crippen LogP contribution >= 0.6 is 0 Å². The van der Waals surface area contributed by atoms with Gasteiger partial charge < -0.3 is 20.1 Å². The molecule has 1 aliphatic heterocycles. The number of nitrogens with one attached hydrogen (secondary N) is 2. The molecule has 3 rings (SSSR count). The molecule has 0 radical (unpaired) electrons. The van der Waals surface area contributed by atoms with E-state index in [1.165, 1.54) is 6.07 Å². The van der Waals surface area contributed by atoms with Gasteiger partial charge in [0.15, 0.2) is 23.1 Å². The van der Waals surface area contributed by atoms with Crippen LogP contribution in [0.3, 0.4) is 0 Å². The molecule has 0 aliphatic carbocycles. The van der Waals surface area contributed by atoms with E-state index >= 15 is 0 Å². The third-order valence-electron chi connectivity index (χ3n) is 3.03. The normalized spacial score (nSPS) is 12.1. The van der Waals surface area contributed by atoms with Gasteiger partial charge in [-0.1, -0.05) is 0 Å². The maximum Gasteiger partial charge on any atom is 0.243 e. The van der Waals surface area contributed by atoms with Gasteiger partial charge in [0.05, 0.1) is 6.54 Å². The summed E-state index contributed by atoms with van der Waals surface area (Å²) in [7, 11) is 0. The van der Waals surface area contributed by atoms with Crippen molar-refractivity contribution >= 4 is 17.3 Å². The Labute approximate surface area is 124 Å². The molecular formula is C15H12F2N2O3. The van der Waals surface area contributed by atoms with E-state index in [1.807, 2.05) is 0 Å². The number of hydrogen-bond acceptors (Lipinski definition) is 4. The average Bonchev–Trinajstić information content (AvgIpc) is 2.96. The molecule has 0 aromatic heterocycles. The van der Waals surface area contributed by atoms with Crippen molar-refractivity contribution in [2.24, 2.45) is 0 Å². The third kappa shape index (κ3) is 3.08. The first-order valence-corrected chi connectivity index (χ1v) is 6.50. The molecule has 2 aromatic rings. The molecule has 0 bridgehead atoms. The molecule has 2 N–H and O–H groups in total. The number of rotatable bonds is 4. The molecule has 2 aromatic carbocycles. The quantitative estimate of drug-likeness (QED) is 0.912. The van der Waals surface area contributed by atoms with Gasteiger partial charge in [0.2, 0.25) is 12.7 Å². The second kappa shape index (κ2) is 5.88. The molecule has 7 heteroatoms. The second-order valence-electron chi connectivity index (χ2n) is 4.60. The zero-order valence-electron chi connectivity index (χ0n) is 11.4. The number of anilines is 2. The average molecular weight is 306 g/mol. The summed E-state index contributed by atoms with van der Waals surface area (Å²) in [6, 6.07) is 8.37. The minimum absolute atomic E-state index is 0.0838. The first-order valence-electron chi connectivity index (χ1n) is 6.50. The van der Waals surface area contributed by atoms with E-state index in [-0.39, 0.29) is 19.2 Å². The first kappa shape index (κ1) is 14.1. The highest BCUT2D eigenvalue weighted by Gasteiger charge is 2.14. The minimum Gasteiger partial charge on any atom is -0.454 e. The van der Waals surface area contributed by atoms with Crippen LogP contribution in [0, 0.1) is 11.6 Å². The van der Waals surface area contributed by atoms with Crippen molar-refractivity contribution in [2.45, 2.75) is 0 Å². The standard InChI is InChI=1S/C15H12F2N2O3/c16-11-3-1-9(5-12(11)17)18-7-15(20)19-10-2-4-13-14(6-10)22-8-21-13/h1-6,18H,7-8H2,(H,19,20). The number of halogens is 2. The fourth-order valence-corrected chi connectivity index (χ4v) is 1.97. The zero-order chi connectivity index (χ0) is 15.5. The number of carbonyl (C=O) groups is 1. The molecule has 1 amide bonds. The summed E-state index contributed by atoms with van der Waals surface area (Å²) in [5, 5.41) is 5.37. The van der Waals surface area contributed by atoms with Crippen LogP contribution in [0.2, 0.25) is 0 Å². The van der Waals surface area contributed by atoms with Crippen LogP contribution in [-0.4, -0.2) is 19.2 Å². The highest BCUT2D eigenvalue weighted by Crippen LogP contribution is 2.34. The van der Waals surface area contributed by atoms with Gasteiger partial charge >= 0.3 is 0 Å². The number of ether oxygens (including phenoxy) is 2. The van der Waals surface area contributed by atoms with E-state index in [4.69, 9.17) is 9.47 Å². The Morgan fingerprint density at radius 1 is 1.00 bits per heavy atom. The van der Waals surface area contributed by atoms with Crippen molar-refractivity contribution in [1.82, 2.24) is 0 Å². The van der Waals surface area contributed by atoms with E-state index in [1.54, 1.807) is 18.2 Å². The van der Waals surface area contributed by atoms with Crippen molar-refractivity contribution in [2.75, 3.05) is 24.0 Å². The number of carbonyl (C=O) groups excluding carboxylic acids is 1. The summed E-state index contributed by atoms with van der Waals surface area (Å²) in [6.45, 7) is 0.0733. The fourth-order valence-electron chi connectivity index (χ4n) is 1.97. The van der Waals surface area contributed by atoms with E-state index in [9.17, 15) is 13.6 Å². The van der Waals surface area contributed by atoms with Crippen LogP contribution in [0.1, 0.15) is 0 Å². The van der Waals surface area contributed by atoms with Gasteiger partial charge in [-0.2, -0.15) is 0 Å². The number of fused-ring (bicyclic) bond motifs is 1. The lowest BCUT2D eigenvalue weighted by atomic mass is 10.2. The van der Waals surface area contributed by atoms with E-state index in [0.717, 1.165) is 12.1 Å². The molecule has 0 unspecified atom stereocenters. The van der Waals surface area contributed by atoms with E-state index in [2.05, 4.69) is 10.6 Å². The summed E-state index contributed by atoms with van der Waals surface area (Å²) >= 11 is 0. The van der Waals surface area contributed by atoms with Gasteiger partial charge in [-0.25, -0.2) is 8.78 Å². The van der Waals surface area contributed by atoms with E-state index < -0.39 is 11.6 Å². The molecule has 114 valence electrons. The summed E-state index contributed by atoms with van der Waals surface area (Å²) in [4.78, 5) is 11.8. The Morgan fingerprint density at radius 3 is 2.59 bits per heavy atom. The second-order valence-corrected chi connectivity index (χ2v) is 4.60. The van der Waals surface area contributed by atoms with Gasteiger partial charge in [0.1, 0.15) is 0 Å². The highest BCUT2D eigenvalue weighted by atomic mass is 19.2. The predicted molar refractivity (Wildman–Crippen MR) is 76.0 cm³/mol.